The minimum absolute atomic E-state index is 0.0712. The number of carbonyl (C=O) groups excluding carboxylic acids is 2. The second kappa shape index (κ2) is 11.9. The van der Waals surface area contributed by atoms with Crippen molar-refractivity contribution in [3.05, 3.63) is 23.8 Å². The molecule has 3 fully saturated rings. The molecule has 0 bridgehead atoms. The van der Waals surface area contributed by atoms with Gasteiger partial charge in [0.1, 0.15) is 0 Å². The molecule has 0 spiro atoms. The van der Waals surface area contributed by atoms with Crippen LogP contribution in [0.3, 0.4) is 0 Å². The fourth-order valence-corrected chi connectivity index (χ4v) is 6.96. The zero-order valence-corrected chi connectivity index (χ0v) is 22.2. The number of piperidine rings is 1. The minimum Gasteiger partial charge on any atom is -0.452 e. The predicted molar refractivity (Wildman–Crippen MR) is 136 cm³/mol. The van der Waals surface area contributed by atoms with Gasteiger partial charge >= 0.3 is 5.97 Å². The number of anilines is 1. The standard InChI is InChI=1S/C26H39N3O6S/c1-19-7-6-8-23(20(19)2)27-25(30)18-35-26(31)22-17-21(36(32,33)29-11-4-3-5-12-29)9-10-24(22)28-13-15-34-16-14-28/h9-10,17,19-20,23H,3-8,11-16,18H2,1-2H3,(H,27,30)/t19-,20-,23-/m1/s1. The minimum atomic E-state index is -3.72. The van der Waals surface area contributed by atoms with E-state index in [1.807, 2.05) is 4.90 Å². The van der Waals surface area contributed by atoms with Crippen LogP contribution in [0.1, 0.15) is 62.7 Å². The van der Waals surface area contributed by atoms with Crippen LogP contribution in [0.4, 0.5) is 5.69 Å². The lowest BCUT2D eigenvalue weighted by Crippen LogP contribution is -2.45. The summed E-state index contributed by atoms with van der Waals surface area (Å²) in [5.74, 6) is -0.137. The summed E-state index contributed by atoms with van der Waals surface area (Å²) in [6, 6.07) is 4.70. The van der Waals surface area contributed by atoms with Gasteiger partial charge in [-0.05, 0) is 49.3 Å². The molecule has 2 saturated heterocycles. The van der Waals surface area contributed by atoms with Crippen molar-refractivity contribution in [1.82, 2.24) is 9.62 Å². The van der Waals surface area contributed by atoms with Crippen LogP contribution in [0.25, 0.3) is 0 Å². The third kappa shape index (κ3) is 6.20. The van der Waals surface area contributed by atoms with Crippen LogP contribution in [-0.4, -0.2) is 76.6 Å². The highest BCUT2D eigenvalue weighted by Gasteiger charge is 2.30. The number of ether oxygens (including phenoxy) is 2. The summed E-state index contributed by atoms with van der Waals surface area (Å²) >= 11 is 0. The fourth-order valence-electron chi connectivity index (χ4n) is 5.42. The van der Waals surface area contributed by atoms with E-state index >= 15 is 0 Å². The number of esters is 1. The van der Waals surface area contributed by atoms with Crippen LogP contribution in [0.2, 0.25) is 0 Å². The maximum atomic E-state index is 13.3. The molecule has 1 aliphatic carbocycles. The zero-order valence-electron chi connectivity index (χ0n) is 21.4. The molecule has 200 valence electrons. The maximum absolute atomic E-state index is 13.3. The van der Waals surface area contributed by atoms with Crippen molar-refractivity contribution in [3.63, 3.8) is 0 Å². The maximum Gasteiger partial charge on any atom is 0.340 e. The largest absolute Gasteiger partial charge is 0.452 e. The molecule has 1 saturated carbocycles. The van der Waals surface area contributed by atoms with Gasteiger partial charge < -0.3 is 19.7 Å². The number of amides is 1. The lowest BCUT2D eigenvalue weighted by Gasteiger charge is -2.34. The van der Waals surface area contributed by atoms with Gasteiger partial charge in [0.05, 0.1) is 29.4 Å². The molecule has 36 heavy (non-hydrogen) atoms. The van der Waals surface area contributed by atoms with E-state index in [1.165, 1.54) is 10.4 Å². The molecule has 1 N–H and O–H groups in total. The number of hydrogen-bond donors (Lipinski definition) is 1. The van der Waals surface area contributed by atoms with Gasteiger partial charge in [-0.25, -0.2) is 13.2 Å². The van der Waals surface area contributed by atoms with Crippen molar-refractivity contribution >= 4 is 27.6 Å². The van der Waals surface area contributed by atoms with E-state index in [2.05, 4.69) is 19.2 Å². The van der Waals surface area contributed by atoms with E-state index in [4.69, 9.17) is 9.47 Å². The molecular weight excluding hydrogens is 482 g/mol. The van der Waals surface area contributed by atoms with Crippen LogP contribution in [-0.2, 0) is 24.3 Å². The summed E-state index contributed by atoms with van der Waals surface area (Å²) in [5, 5.41) is 3.02. The average Bonchev–Trinajstić information content (AvgIpc) is 2.90. The van der Waals surface area contributed by atoms with E-state index in [0.717, 1.165) is 38.5 Å². The second-order valence-corrected chi connectivity index (χ2v) is 12.2. The van der Waals surface area contributed by atoms with E-state index < -0.39 is 22.6 Å². The zero-order chi connectivity index (χ0) is 25.7. The van der Waals surface area contributed by atoms with Gasteiger partial charge in [0.25, 0.3) is 5.91 Å². The monoisotopic (exact) mass is 521 g/mol. The number of sulfonamides is 1. The van der Waals surface area contributed by atoms with Gasteiger partial charge in [-0.15, -0.1) is 0 Å². The van der Waals surface area contributed by atoms with Gasteiger partial charge in [-0.3, -0.25) is 4.79 Å². The Labute approximate surface area is 214 Å². The number of nitrogens with one attached hydrogen (secondary N) is 1. The SMILES string of the molecule is C[C@@H]1[C@H](C)CCC[C@H]1NC(=O)COC(=O)c1cc(S(=O)(=O)N2CCCCC2)ccc1N1CCOCC1. The lowest BCUT2D eigenvalue weighted by atomic mass is 9.78. The third-order valence-electron chi connectivity index (χ3n) is 7.88. The van der Waals surface area contributed by atoms with Crippen molar-refractivity contribution in [2.45, 2.75) is 63.3 Å². The Bertz CT molecular complexity index is 1030. The number of morpholine rings is 1. The summed E-state index contributed by atoms with van der Waals surface area (Å²) in [4.78, 5) is 27.9. The number of carbonyl (C=O) groups is 2. The normalized spacial score (nSPS) is 25.8. The van der Waals surface area contributed by atoms with Gasteiger partial charge in [-0.2, -0.15) is 4.31 Å². The van der Waals surface area contributed by atoms with Gasteiger partial charge in [0, 0.05) is 32.2 Å². The van der Waals surface area contributed by atoms with E-state index in [1.54, 1.807) is 12.1 Å². The second-order valence-electron chi connectivity index (χ2n) is 10.3. The third-order valence-corrected chi connectivity index (χ3v) is 9.77. The molecule has 3 aliphatic rings. The topological polar surface area (TPSA) is 105 Å². The summed E-state index contributed by atoms with van der Waals surface area (Å²) in [5.41, 5.74) is 0.749. The highest BCUT2D eigenvalue weighted by Crippen LogP contribution is 2.30. The molecule has 1 aromatic rings. The Morgan fingerprint density at radius 2 is 1.75 bits per heavy atom. The molecule has 4 rings (SSSR count). The first kappa shape index (κ1) is 26.9. The van der Waals surface area contributed by atoms with Gasteiger partial charge in [0.15, 0.2) is 6.61 Å². The molecule has 0 aromatic heterocycles. The Kier molecular flexibility index (Phi) is 8.90. The highest BCUT2D eigenvalue weighted by atomic mass is 32.2. The van der Waals surface area contributed by atoms with Crippen molar-refractivity contribution < 1.29 is 27.5 Å². The Morgan fingerprint density at radius 3 is 2.47 bits per heavy atom. The van der Waals surface area contributed by atoms with Crippen LogP contribution in [0.15, 0.2) is 23.1 Å². The lowest BCUT2D eigenvalue weighted by molar-refractivity contribution is -0.125. The molecule has 10 heteroatoms. The first-order chi connectivity index (χ1) is 17.3. The average molecular weight is 522 g/mol. The van der Waals surface area contributed by atoms with Crippen LogP contribution in [0.5, 0.6) is 0 Å². The molecule has 1 aromatic carbocycles. The number of rotatable bonds is 7. The molecule has 3 atom stereocenters. The Morgan fingerprint density at radius 1 is 1.03 bits per heavy atom. The summed E-state index contributed by atoms with van der Waals surface area (Å²) in [6.07, 6.45) is 5.81. The molecule has 0 radical (unpaired) electrons. The van der Waals surface area contributed by atoms with E-state index in [0.29, 0.717) is 56.9 Å². The van der Waals surface area contributed by atoms with Gasteiger partial charge in [0.2, 0.25) is 10.0 Å². The molecule has 2 aliphatic heterocycles. The van der Waals surface area contributed by atoms with Crippen molar-refractivity contribution in [2.24, 2.45) is 11.8 Å². The highest BCUT2D eigenvalue weighted by molar-refractivity contribution is 7.89. The van der Waals surface area contributed by atoms with E-state index in [-0.39, 0.29) is 22.4 Å². The predicted octanol–water partition coefficient (Wildman–Crippen LogP) is 2.80. The quantitative estimate of drug-likeness (QED) is 0.550. The summed E-state index contributed by atoms with van der Waals surface area (Å²) in [7, 11) is -3.72. The molecule has 0 unspecified atom stereocenters. The van der Waals surface area contributed by atoms with Crippen LogP contribution < -0.4 is 10.2 Å². The number of hydrogen-bond acceptors (Lipinski definition) is 7. The molecule has 9 nitrogen and oxygen atoms in total. The first-order valence-corrected chi connectivity index (χ1v) is 14.6. The summed E-state index contributed by atoms with van der Waals surface area (Å²) < 4.78 is 38.9. The molecular formula is C26H39N3O6S. The van der Waals surface area contributed by atoms with Gasteiger partial charge in [-0.1, -0.05) is 33.1 Å². The Balaban J connectivity index is 1.50. The van der Waals surface area contributed by atoms with E-state index in [9.17, 15) is 18.0 Å². The van der Waals surface area contributed by atoms with Crippen molar-refractivity contribution in [3.8, 4) is 0 Å². The smallest absolute Gasteiger partial charge is 0.340 e. The molecule has 2 heterocycles. The van der Waals surface area contributed by atoms with Crippen molar-refractivity contribution in [1.29, 1.82) is 0 Å². The Hall–Kier alpha value is -2.17. The number of benzene rings is 1. The first-order valence-electron chi connectivity index (χ1n) is 13.2. The molecule has 1 amide bonds. The van der Waals surface area contributed by atoms with Crippen LogP contribution >= 0.6 is 0 Å². The number of nitrogens with zero attached hydrogens (tertiary/aromatic N) is 2. The fraction of sp³-hybridized carbons (Fsp3) is 0.692. The van der Waals surface area contributed by atoms with Crippen LogP contribution in [0, 0.1) is 11.8 Å². The summed E-state index contributed by atoms with van der Waals surface area (Å²) in [6.45, 7) is 7.09. The van der Waals surface area contributed by atoms with Crippen molar-refractivity contribution in [2.75, 3.05) is 50.9 Å².